The fourth-order valence-corrected chi connectivity index (χ4v) is 3.26. The Morgan fingerprint density at radius 3 is 3.00 bits per heavy atom. The first-order valence-electron chi connectivity index (χ1n) is 7.64. The molecule has 0 aromatic heterocycles. The maximum Gasteiger partial charge on any atom is 0.220 e. The molecule has 1 fully saturated rings. The predicted molar refractivity (Wildman–Crippen MR) is 82.7 cm³/mol. The molecule has 0 spiro atoms. The molecule has 1 saturated heterocycles. The van der Waals surface area contributed by atoms with Crippen LogP contribution in [-0.2, 0) is 4.79 Å². The highest BCUT2D eigenvalue weighted by Crippen LogP contribution is 2.34. The van der Waals surface area contributed by atoms with E-state index in [0.717, 1.165) is 30.8 Å². The van der Waals surface area contributed by atoms with Crippen LogP contribution in [0, 0.1) is 5.92 Å². The molecule has 0 bridgehead atoms. The van der Waals surface area contributed by atoms with Gasteiger partial charge in [0.25, 0.3) is 0 Å². The van der Waals surface area contributed by atoms with Crippen LogP contribution in [0.4, 0.5) is 0 Å². The van der Waals surface area contributed by atoms with Crippen LogP contribution in [0.25, 0.3) is 0 Å². The van der Waals surface area contributed by atoms with Crippen molar-refractivity contribution in [1.29, 1.82) is 0 Å². The van der Waals surface area contributed by atoms with Gasteiger partial charge in [0.15, 0.2) is 0 Å². The molecule has 1 amide bonds. The standard InChI is InChI=1S/C16H21ClN2O2/c17-12-2-3-15-13(9-12)14(10-21-15)19-16(20)4-1-11-5-7-18-8-6-11/h2-3,9,11,14,18H,1,4-8,10H2,(H,19,20). The summed E-state index contributed by atoms with van der Waals surface area (Å²) in [5.41, 5.74) is 0.984. The van der Waals surface area contributed by atoms with Crippen molar-refractivity contribution in [2.45, 2.75) is 31.7 Å². The van der Waals surface area contributed by atoms with Crippen molar-refractivity contribution in [2.75, 3.05) is 19.7 Å². The number of carbonyl (C=O) groups is 1. The largest absolute Gasteiger partial charge is 0.491 e. The Labute approximate surface area is 130 Å². The van der Waals surface area contributed by atoms with Crippen LogP contribution in [0.3, 0.4) is 0 Å². The second-order valence-corrected chi connectivity index (χ2v) is 6.28. The third kappa shape index (κ3) is 3.69. The zero-order chi connectivity index (χ0) is 14.7. The first-order chi connectivity index (χ1) is 10.2. The third-order valence-corrected chi connectivity index (χ3v) is 4.56. The molecular formula is C16H21ClN2O2. The number of hydrogen-bond donors (Lipinski definition) is 2. The highest BCUT2D eigenvalue weighted by molar-refractivity contribution is 6.30. The summed E-state index contributed by atoms with van der Waals surface area (Å²) in [5, 5.41) is 7.09. The molecule has 2 heterocycles. The highest BCUT2D eigenvalue weighted by Gasteiger charge is 2.26. The average Bonchev–Trinajstić information content (AvgIpc) is 2.88. The van der Waals surface area contributed by atoms with Crippen LogP contribution in [0.2, 0.25) is 5.02 Å². The molecule has 1 aromatic carbocycles. The molecule has 0 saturated carbocycles. The molecule has 114 valence electrons. The van der Waals surface area contributed by atoms with Crippen LogP contribution in [0.15, 0.2) is 18.2 Å². The number of piperidine rings is 1. The SMILES string of the molecule is O=C(CCC1CCNCC1)NC1COc2ccc(Cl)cc21. The van der Waals surface area contributed by atoms with Crippen molar-refractivity contribution in [3.05, 3.63) is 28.8 Å². The van der Waals surface area contributed by atoms with Gasteiger partial charge in [0.1, 0.15) is 12.4 Å². The fraction of sp³-hybridized carbons (Fsp3) is 0.562. The molecule has 0 aliphatic carbocycles. The van der Waals surface area contributed by atoms with Crippen molar-refractivity contribution in [3.8, 4) is 5.75 Å². The lowest BCUT2D eigenvalue weighted by atomic mass is 9.93. The van der Waals surface area contributed by atoms with Crippen molar-refractivity contribution in [3.63, 3.8) is 0 Å². The molecule has 0 radical (unpaired) electrons. The van der Waals surface area contributed by atoms with Gasteiger partial charge in [-0.05, 0) is 56.5 Å². The molecule has 1 atom stereocenters. The van der Waals surface area contributed by atoms with Crippen LogP contribution in [-0.4, -0.2) is 25.6 Å². The third-order valence-electron chi connectivity index (χ3n) is 4.33. The first kappa shape index (κ1) is 14.7. The Morgan fingerprint density at radius 2 is 2.19 bits per heavy atom. The lowest BCUT2D eigenvalue weighted by Crippen LogP contribution is -2.31. The number of benzene rings is 1. The summed E-state index contributed by atoms with van der Waals surface area (Å²) in [6.07, 6.45) is 3.93. The summed E-state index contributed by atoms with van der Waals surface area (Å²) >= 11 is 6.01. The number of hydrogen-bond acceptors (Lipinski definition) is 3. The van der Waals surface area contributed by atoms with Gasteiger partial charge in [-0.3, -0.25) is 4.79 Å². The van der Waals surface area contributed by atoms with Gasteiger partial charge < -0.3 is 15.4 Å². The second-order valence-electron chi connectivity index (χ2n) is 5.85. The number of carbonyl (C=O) groups excluding carboxylic acids is 1. The monoisotopic (exact) mass is 308 g/mol. The van der Waals surface area contributed by atoms with Crippen molar-refractivity contribution in [2.24, 2.45) is 5.92 Å². The van der Waals surface area contributed by atoms with E-state index in [1.165, 1.54) is 12.8 Å². The van der Waals surface area contributed by atoms with E-state index in [0.29, 0.717) is 24.0 Å². The van der Waals surface area contributed by atoms with Crippen molar-refractivity contribution >= 4 is 17.5 Å². The Balaban J connectivity index is 1.51. The van der Waals surface area contributed by atoms with E-state index in [2.05, 4.69) is 10.6 Å². The van der Waals surface area contributed by atoms with Gasteiger partial charge in [0, 0.05) is 17.0 Å². The normalized spacial score (nSPS) is 21.7. The lowest BCUT2D eigenvalue weighted by molar-refractivity contribution is -0.122. The van der Waals surface area contributed by atoms with E-state index in [-0.39, 0.29) is 11.9 Å². The molecule has 2 aliphatic rings. The molecule has 4 nitrogen and oxygen atoms in total. The van der Waals surface area contributed by atoms with Gasteiger partial charge >= 0.3 is 0 Å². The molecular weight excluding hydrogens is 288 g/mol. The maximum absolute atomic E-state index is 12.1. The number of halogens is 1. The number of rotatable bonds is 4. The number of ether oxygens (including phenoxy) is 1. The van der Waals surface area contributed by atoms with Crippen molar-refractivity contribution < 1.29 is 9.53 Å². The predicted octanol–water partition coefficient (Wildman–Crippen LogP) is 2.67. The van der Waals surface area contributed by atoms with Crippen LogP contribution >= 0.6 is 11.6 Å². The topological polar surface area (TPSA) is 50.4 Å². The van der Waals surface area contributed by atoms with Gasteiger partial charge in [-0.15, -0.1) is 0 Å². The summed E-state index contributed by atoms with van der Waals surface area (Å²) in [6.45, 7) is 2.65. The van der Waals surface area contributed by atoms with Crippen molar-refractivity contribution in [1.82, 2.24) is 10.6 Å². The maximum atomic E-state index is 12.1. The molecule has 2 N–H and O–H groups in total. The van der Waals surface area contributed by atoms with E-state index in [1.54, 1.807) is 0 Å². The molecule has 5 heteroatoms. The summed E-state index contributed by atoms with van der Waals surface area (Å²) < 4.78 is 5.58. The zero-order valence-corrected chi connectivity index (χ0v) is 12.8. The Hall–Kier alpha value is -1.26. The number of amides is 1. The van der Waals surface area contributed by atoms with E-state index < -0.39 is 0 Å². The molecule has 21 heavy (non-hydrogen) atoms. The zero-order valence-electron chi connectivity index (χ0n) is 12.0. The molecule has 2 aliphatic heterocycles. The Kier molecular flexibility index (Phi) is 4.66. The van der Waals surface area contributed by atoms with Gasteiger partial charge in [-0.1, -0.05) is 11.6 Å². The summed E-state index contributed by atoms with van der Waals surface area (Å²) in [4.78, 5) is 12.1. The minimum absolute atomic E-state index is 0.0702. The lowest BCUT2D eigenvalue weighted by Gasteiger charge is -2.22. The first-order valence-corrected chi connectivity index (χ1v) is 8.02. The van der Waals surface area contributed by atoms with E-state index in [9.17, 15) is 4.79 Å². The van der Waals surface area contributed by atoms with Crippen LogP contribution in [0.5, 0.6) is 5.75 Å². The fourth-order valence-electron chi connectivity index (χ4n) is 3.08. The molecule has 1 unspecified atom stereocenters. The smallest absolute Gasteiger partial charge is 0.220 e. The van der Waals surface area contributed by atoms with Gasteiger partial charge in [0.2, 0.25) is 5.91 Å². The summed E-state index contributed by atoms with van der Waals surface area (Å²) in [6, 6.07) is 5.47. The number of nitrogens with one attached hydrogen (secondary N) is 2. The van der Waals surface area contributed by atoms with Gasteiger partial charge in [-0.2, -0.15) is 0 Å². The minimum atomic E-state index is -0.0702. The summed E-state index contributed by atoms with van der Waals surface area (Å²) in [7, 11) is 0. The van der Waals surface area contributed by atoms with E-state index >= 15 is 0 Å². The van der Waals surface area contributed by atoms with Crippen LogP contribution < -0.4 is 15.4 Å². The highest BCUT2D eigenvalue weighted by atomic mass is 35.5. The van der Waals surface area contributed by atoms with Crippen LogP contribution in [0.1, 0.15) is 37.3 Å². The average molecular weight is 309 g/mol. The van der Waals surface area contributed by atoms with E-state index in [1.807, 2.05) is 18.2 Å². The van der Waals surface area contributed by atoms with E-state index in [4.69, 9.17) is 16.3 Å². The minimum Gasteiger partial charge on any atom is -0.491 e. The molecule has 3 rings (SSSR count). The second kappa shape index (κ2) is 6.67. The molecule has 1 aromatic rings. The van der Waals surface area contributed by atoms with Gasteiger partial charge in [0.05, 0.1) is 6.04 Å². The number of fused-ring (bicyclic) bond motifs is 1. The quantitative estimate of drug-likeness (QED) is 0.899. The summed E-state index contributed by atoms with van der Waals surface area (Å²) in [5.74, 6) is 1.61. The Morgan fingerprint density at radius 1 is 1.38 bits per heavy atom. The Bertz CT molecular complexity index is 515. The van der Waals surface area contributed by atoms with Gasteiger partial charge in [-0.25, -0.2) is 0 Å².